The quantitative estimate of drug-likeness (QED) is 0.462. The van der Waals surface area contributed by atoms with Crippen LogP contribution in [0.5, 0.6) is 0 Å². The third-order valence-electron chi connectivity index (χ3n) is 6.24. The lowest BCUT2D eigenvalue weighted by Crippen LogP contribution is -2.61. The molecular weight excluding hydrogens is 464 g/mol. The highest BCUT2D eigenvalue weighted by molar-refractivity contribution is 9.10. The summed E-state index contributed by atoms with van der Waals surface area (Å²) >= 11 is 4.89. The number of halogens is 1. The minimum atomic E-state index is -0.145. The Bertz CT molecular complexity index is 1300. The monoisotopic (exact) mass is 482 g/mol. The van der Waals surface area contributed by atoms with E-state index in [0.717, 1.165) is 57.3 Å². The summed E-state index contributed by atoms with van der Waals surface area (Å²) in [4.78, 5) is 30.1. The van der Waals surface area contributed by atoms with Crippen molar-refractivity contribution in [3.05, 3.63) is 47.0 Å². The van der Waals surface area contributed by atoms with Crippen molar-refractivity contribution < 1.29 is 4.79 Å². The van der Waals surface area contributed by atoms with E-state index in [0.29, 0.717) is 5.69 Å². The molecule has 0 radical (unpaired) electrons. The van der Waals surface area contributed by atoms with Gasteiger partial charge in [0.15, 0.2) is 0 Å². The average molecular weight is 483 g/mol. The molecule has 2 aliphatic rings. The van der Waals surface area contributed by atoms with E-state index >= 15 is 0 Å². The van der Waals surface area contributed by atoms with Crippen LogP contribution in [0.25, 0.3) is 21.1 Å². The van der Waals surface area contributed by atoms with Gasteiger partial charge in [0, 0.05) is 35.2 Å². The van der Waals surface area contributed by atoms with Crippen LogP contribution in [0.15, 0.2) is 41.3 Å². The van der Waals surface area contributed by atoms with Gasteiger partial charge in [0.2, 0.25) is 0 Å². The molecule has 4 heterocycles. The predicted molar refractivity (Wildman–Crippen MR) is 121 cm³/mol. The summed E-state index contributed by atoms with van der Waals surface area (Å²) in [6.45, 7) is 3.65. The number of carbonyl (C=O) groups excluding carboxylic acids is 1. The van der Waals surface area contributed by atoms with Crippen LogP contribution in [-0.2, 0) is 0 Å². The summed E-state index contributed by atoms with van der Waals surface area (Å²) in [5.41, 5.74) is 1.27. The Labute approximate surface area is 185 Å². The van der Waals surface area contributed by atoms with Crippen LogP contribution in [0.4, 0.5) is 5.82 Å². The number of carbonyl (C=O) groups is 1. The van der Waals surface area contributed by atoms with E-state index < -0.39 is 0 Å². The lowest BCUT2D eigenvalue weighted by atomic mass is 10.0. The standard InChI is InChI=1S/C21H19BrN6OS/c1-12-9-27(19-15-4-7-23-18(15)24-11-25-19)10-21(5-6-21)28(12)20(29)17-14-3-2-13(22)8-16(14)30-26-17/h2-4,7-8,11-12H,5-6,9-10H2,1H3,(H,23,24,25)/t12-/m1/s1. The van der Waals surface area contributed by atoms with Crippen LogP contribution < -0.4 is 4.90 Å². The molecule has 1 aromatic carbocycles. The first kappa shape index (κ1) is 18.3. The fraction of sp³-hybridized carbons (Fsp3) is 0.333. The molecule has 2 fully saturated rings. The molecule has 7 nitrogen and oxygen atoms in total. The zero-order chi connectivity index (χ0) is 20.5. The van der Waals surface area contributed by atoms with Crippen LogP contribution in [0, 0.1) is 0 Å². The molecule has 1 amide bonds. The molecule has 0 unspecified atom stereocenters. The zero-order valence-corrected chi connectivity index (χ0v) is 18.7. The molecule has 1 atom stereocenters. The summed E-state index contributed by atoms with van der Waals surface area (Å²) in [5, 5.41) is 1.96. The maximum absolute atomic E-state index is 13.6. The normalized spacial score (nSPS) is 20.4. The number of anilines is 1. The highest BCUT2D eigenvalue weighted by Crippen LogP contribution is 2.48. The Morgan fingerprint density at radius 2 is 2.13 bits per heavy atom. The second-order valence-electron chi connectivity index (χ2n) is 8.24. The van der Waals surface area contributed by atoms with E-state index in [1.54, 1.807) is 6.33 Å². The number of fused-ring (bicyclic) bond motifs is 2. The number of H-pyrrole nitrogens is 1. The van der Waals surface area contributed by atoms with Gasteiger partial charge >= 0.3 is 0 Å². The number of aromatic nitrogens is 4. The summed E-state index contributed by atoms with van der Waals surface area (Å²) in [7, 11) is 0. The van der Waals surface area contributed by atoms with Gasteiger partial charge in [-0.05, 0) is 55.6 Å². The Balaban J connectivity index is 1.35. The molecule has 0 bridgehead atoms. The Morgan fingerprint density at radius 1 is 1.27 bits per heavy atom. The predicted octanol–water partition coefficient (Wildman–Crippen LogP) is 4.21. The highest BCUT2D eigenvalue weighted by atomic mass is 79.9. The van der Waals surface area contributed by atoms with Crippen LogP contribution >= 0.6 is 27.5 Å². The topological polar surface area (TPSA) is 78.0 Å². The van der Waals surface area contributed by atoms with Gasteiger partial charge in [-0.3, -0.25) is 4.79 Å². The second kappa shape index (κ2) is 6.49. The van der Waals surface area contributed by atoms with Gasteiger partial charge in [-0.2, -0.15) is 4.37 Å². The van der Waals surface area contributed by atoms with Crippen molar-refractivity contribution in [1.82, 2.24) is 24.2 Å². The smallest absolute Gasteiger partial charge is 0.275 e. The summed E-state index contributed by atoms with van der Waals surface area (Å²) in [6.07, 6.45) is 5.52. The van der Waals surface area contributed by atoms with E-state index in [1.807, 2.05) is 30.5 Å². The number of hydrogen-bond acceptors (Lipinski definition) is 6. The van der Waals surface area contributed by atoms with E-state index in [-0.39, 0.29) is 17.5 Å². The van der Waals surface area contributed by atoms with E-state index in [1.165, 1.54) is 11.5 Å². The molecule has 6 rings (SSSR count). The summed E-state index contributed by atoms with van der Waals surface area (Å²) < 4.78 is 6.57. The molecule has 1 aliphatic heterocycles. The van der Waals surface area contributed by atoms with Crippen molar-refractivity contribution in [2.45, 2.75) is 31.3 Å². The van der Waals surface area contributed by atoms with Crippen molar-refractivity contribution in [1.29, 1.82) is 0 Å². The largest absolute Gasteiger partial charge is 0.352 e. The third kappa shape index (κ3) is 2.68. The van der Waals surface area contributed by atoms with Gasteiger partial charge in [-0.15, -0.1) is 0 Å². The molecule has 30 heavy (non-hydrogen) atoms. The summed E-state index contributed by atoms with van der Waals surface area (Å²) in [5.74, 6) is 0.984. The second-order valence-corrected chi connectivity index (χ2v) is 9.96. The molecule has 1 saturated heterocycles. The molecule has 152 valence electrons. The van der Waals surface area contributed by atoms with Crippen molar-refractivity contribution >= 4 is 60.3 Å². The fourth-order valence-electron chi connectivity index (χ4n) is 4.77. The number of nitrogens with one attached hydrogen (secondary N) is 1. The Kier molecular flexibility index (Phi) is 3.95. The first-order valence-electron chi connectivity index (χ1n) is 9.97. The number of rotatable bonds is 2. The fourth-order valence-corrected chi connectivity index (χ4v) is 6.10. The first-order chi connectivity index (χ1) is 14.6. The molecule has 1 saturated carbocycles. The molecular formula is C21H19BrN6OS. The Morgan fingerprint density at radius 3 is 2.97 bits per heavy atom. The third-order valence-corrected chi connectivity index (χ3v) is 7.54. The molecule has 1 N–H and O–H groups in total. The summed E-state index contributed by atoms with van der Waals surface area (Å²) in [6, 6.07) is 8.06. The highest BCUT2D eigenvalue weighted by Gasteiger charge is 2.56. The first-order valence-corrected chi connectivity index (χ1v) is 11.5. The molecule has 1 spiro atoms. The average Bonchev–Trinajstić information content (AvgIpc) is 3.15. The molecule has 4 aromatic rings. The van der Waals surface area contributed by atoms with Crippen LogP contribution in [0.1, 0.15) is 30.3 Å². The van der Waals surface area contributed by atoms with Gasteiger partial charge in [0.05, 0.1) is 15.6 Å². The number of hydrogen-bond donors (Lipinski definition) is 1. The minimum Gasteiger partial charge on any atom is -0.352 e. The van der Waals surface area contributed by atoms with Crippen molar-refractivity contribution in [2.75, 3.05) is 18.0 Å². The lowest BCUT2D eigenvalue weighted by molar-refractivity contribution is 0.0503. The van der Waals surface area contributed by atoms with Crippen molar-refractivity contribution in [3.8, 4) is 0 Å². The maximum Gasteiger partial charge on any atom is 0.275 e. The number of aromatic amines is 1. The van der Waals surface area contributed by atoms with Crippen LogP contribution in [0.3, 0.4) is 0 Å². The number of benzene rings is 1. The number of nitrogens with zero attached hydrogens (tertiary/aromatic N) is 5. The maximum atomic E-state index is 13.6. The molecule has 1 aliphatic carbocycles. The van der Waals surface area contributed by atoms with Gasteiger partial charge in [0.1, 0.15) is 23.5 Å². The molecule has 9 heteroatoms. The van der Waals surface area contributed by atoms with Gasteiger partial charge < -0.3 is 14.8 Å². The lowest BCUT2D eigenvalue weighted by Gasteiger charge is -2.46. The zero-order valence-electron chi connectivity index (χ0n) is 16.3. The van der Waals surface area contributed by atoms with Crippen molar-refractivity contribution in [3.63, 3.8) is 0 Å². The van der Waals surface area contributed by atoms with E-state index in [9.17, 15) is 4.79 Å². The van der Waals surface area contributed by atoms with Gasteiger partial charge in [-0.1, -0.05) is 15.9 Å². The minimum absolute atomic E-state index is 0.0442. The van der Waals surface area contributed by atoms with E-state index in [4.69, 9.17) is 0 Å². The number of amides is 1. The van der Waals surface area contributed by atoms with Crippen molar-refractivity contribution in [2.24, 2.45) is 0 Å². The van der Waals surface area contributed by atoms with Crippen LogP contribution in [-0.4, -0.2) is 54.8 Å². The Hall–Kier alpha value is -2.52. The van der Waals surface area contributed by atoms with Gasteiger partial charge in [-0.25, -0.2) is 9.97 Å². The SMILES string of the molecule is C[C@@H]1CN(c2ncnc3[nH]ccc23)CC2(CC2)N1C(=O)c1nsc2cc(Br)ccc12. The number of piperazine rings is 1. The van der Waals surface area contributed by atoms with Crippen LogP contribution in [0.2, 0.25) is 0 Å². The van der Waals surface area contributed by atoms with Gasteiger partial charge in [0.25, 0.3) is 5.91 Å². The molecule has 3 aromatic heterocycles. The van der Waals surface area contributed by atoms with E-state index in [2.05, 4.69) is 52.0 Å².